The summed E-state index contributed by atoms with van der Waals surface area (Å²) < 4.78 is 6.92. The van der Waals surface area contributed by atoms with Gasteiger partial charge in [-0.3, -0.25) is 9.78 Å². The number of hydrogen-bond acceptors (Lipinski definition) is 8. The monoisotopic (exact) mass is 415 g/mol. The number of nitrogens with zero attached hydrogens (tertiary/aromatic N) is 3. The summed E-state index contributed by atoms with van der Waals surface area (Å²) in [5, 5.41) is 37.8. The molecular formula is C19H21N5O6. The van der Waals surface area contributed by atoms with Crippen LogP contribution in [0.25, 0.3) is 0 Å². The Morgan fingerprint density at radius 3 is 2.57 bits per heavy atom. The zero-order chi connectivity index (χ0) is 21.3. The van der Waals surface area contributed by atoms with Crippen LogP contribution in [0.1, 0.15) is 28.6 Å². The van der Waals surface area contributed by atoms with Crippen molar-refractivity contribution >= 4 is 0 Å². The van der Waals surface area contributed by atoms with Gasteiger partial charge in [0.2, 0.25) is 0 Å². The Bertz CT molecular complexity index is 1120. The Balaban J connectivity index is 1.62. The van der Waals surface area contributed by atoms with Gasteiger partial charge >= 0.3 is 5.69 Å². The molecule has 0 radical (unpaired) electrons. The van der Waals surface area contributed by atoms with E-state index in [0.29, 0.717) is 12.1 Å². The lowest BCUT2D eigenvalue weighted by molar-refractivity contribution is -0.0235. The summed E-state index contributed by atoms with van der Waals surface area (Å²) in [5.41, 5.74) is 0.388. The van der Waals surface area contributed by atoms with Gasteiger partial charge in [-0.1, -0.05) is 35.5 Å². The first-order chi connectivity index (χ1) is 14.5. The van der Waals surface area contributed by atoms with Gasteiger partial charge in [-0.05, 0) is 5.56 Å². The third-order valence-corrected chi connectivity index (χ3v) is 5.02. The molecule has 0 aliphatic carbocycles. The summed E-state index contributed by atoms with van der Waals surface area (Å²) in [7, 11) is 0. The number of H-pyrrole nitrogens is 2. The van der Waals surface area contributed by atoms with Gasteiger partial charge in [-0.25, -0.2) is 9.48 Å². The van der Waals surface area contributed by atoms with Crippen LogP contribution in [0.15, 0.2) is 46.1 Å². The Hall–Kier alpha value is -3.12. The van der Waals surface area contributed by atoms with Gasteiger partial charge in [-0.2, -0.15) is 0 Å². The Labute approximate surface area is 169 Å². The average Bonchev–Trinajstić information content (AvgIpc) is 3.27. The molecule has 2 aromatic heterocycles. The zero-order valence-corrected chi connectivity index (χ0v) is 15.8. The van der Waals surface area contributed by atoms with Gasteiger partial charge in [0.25, 0.3) is 5.56 Å². The van der Waals surface area contributed by atoms with Crippen molar-refractivity contribution in [2.75, 3.05) is 6.61 Å². The van der Waals surface area contributed by atoms with E-state index in [1.54, 1.807) is 6.20 Å². The SMILES string of the molecule is O=c1[nH]c(Cn2cc(Cc3ccccc3)nn2)c([C@@H]2O[C@H](CO)C(O)[C@@H]2O)c(=O)[nH]1. The molecule has 0 saturated carbocycles. The van der Waals surface area contributed by atoms with Crippen molar-refractivity contribution < 1.29 is 20.1 Å². The van der Waals surface area contributed by atoms with Crippen molar-refractivity contribution in [2.45, 2.75) is 37.4 Å². The first-order valence-electron chi connectivity index (χ1n) is 9.37. The third-order valence-electron chi connectivity index (χ3n) is 5.02. The van der Waals surface area contributed by atoms with Crippen LogP contribution in [-0.2, 0) is 17.7 Å². The molecule has 158 valence electrons. The van der Waals surface area contributed by atoms with E-state index in [2.05, 4.69) is 20.3 Å². The summed E-state index contributed by atoms with van der Waals surface area (Å²) in [6.45, 7) is -0.542. The number of aromatic amines is 2. The summed E-state index contributed by atoms with van der Waals surface area (Å²) in [6, 6.07) is 9.70. The minimum Gasteiger partial charge on any atom is -0.394 e. The minimum atomic E-state index is -1.45. The largest absolute Gasteiger partial charge is 0.394 e. The van der Waals surface area contributed by atoms with Gasteiger partial charge in [0, 0.05) is 12.6 Å². The van der Waals surface area contributed by atoms with Crippen LogP contribution in [0.3, 0.4) is 0 Å². The standard InChI is InChI=1S/C19H21N5O6/c25-9-13-15(26)16(27)17(30-13)14-12(20-19(29)21-18(14)28)8-24-7-11(22-23-24)6-10-4-2-1-3-5-10/h1-5,7,13,15-17,25-27H,6,8-9H2,(H2,20,21,28,29)/t13-,15?,16+,17+/m1/s1. The number of ether oxygens (including phenoxy) is 1. The van der Waals surface area contributed by atoms with E-state index in [1.165, 1.54) is 4.68 Å². The molecule has 4 atom stereocenters. The lowest BCUT2D eigenvalue weighted by atomic mass is 10.0. The molecule has 1 saturated heterocycles. The average molecular weight is 415 g/mol. The molecule has 0 spiro atoms. The molecule has 1 aliphatic rings. The Morgan fingerprint density at radius 1 is 1.10 bits per heavy atom. The highest BCUT2D eigenvalue weighted by Gasteiger charge is 2.45. The second-order valence-electron chi connectivity index (χ2n) is 7.13. The highest BCUT2D eigenvalue weighted by Crippen LogP contribution is 2.33. The zero-order valence-electron chi connectivity index (χ0n) is 15.8. The van der Waals surface area contributed by atoms with E-state index < -0.39 is 42.3 Å². The molecule has 4 rings (SSSR count). The first-order valence-corrected chi connectivity index (χ1v) is 9.37. The molecule has 11 nitrogen and oxygen atoms in total. The van der Waals surface area contributed by atoms with E-state index in [0.717, 1.165) is 5.56 Å². The predicted molar refractivity (Wildman–Crippen MR) is 103 cm³/mol. The smallest absolute Gasteiger partial charge is 0.325 e. The molecule has 3 heterocycles. The quantitative estimate of drug-likeness (QED) is 0.323. The third kappa shape index (κ3) is 3.96. The number of hydrogen-bond donors (Lipinski definition) is 5. The molecule has 5 N–H and O–H groups in total. The molecule has 1 unspecified atom stereocenters. The second kappa shape index (κ2) is 8.32. The molecule has 0 bridgehead atoms. The Morgan fingerprint density at radius 2 is 1.87 bits per heavy atom. The Kier molecular flexibility index (Phi) is 5.59. The highest BCUT2D eigenvalue weighted by atomic mass is 16.6. The lowest BCUT2D eigenvalue weighted by Crippen LogP contribution is -2.35. The van der Waals surface area contributed by atoms with Crippen molar-refractivity contribution in [2.24, 2.45) is 0 Å². The van der Waals surface area contributed by atoms with Crippen LogP contribution in [-0.4, -0.2) is 65.2 Å². The normalized spacial score (nSPS) is 23.7. The van der Waals surface area contributed by atoms with Crippen LogP contribution in [0.2, 0.25) is 0 Å². The fourth-order valence-corrected chi connectivity index (χ4v) is 3.57. The number of rotatable bonds is 6. The van der Waals surface area contributed by atoms with Crippen LogP contribution in [0, 0.1) is 0 Å². The fourth-order valence-electron chi connectivity index (χ4n) is 3.57. The summed E-state index contributed by atoms with van der Waals surface area (Å²) >= 11 is 0. The first kappa shape index (κ1) is 20.2. The van der Waals surface area contributed by atoms with E-state index >= 15 is 0 Å². The molecule has 0 amide bonds. The summed E-state index contributed by atoms with van der Waals surface area (Å²) in [6.07, 6.45) is -2.84. The van der Waals surface area contributed by atoms with Crippen LogP contribution in [0.4, 0.5) is 0 Å². The molecule has 11 heteroatoms. The van der Waals surface area contributed by atoms with Gasteiger partial charge in [0.15, 0.2) is 0 Å². The minimum absolute atomic E-state index is 0.0112. The van der Waals surface area contributed by atoms with Crippen molar-refractivity contribution in [3.05, 3.63) is 79.9 Å². The molecule has 1 aromatic carbocycles. The predicted octanol–water partition coefficient (Wildman–Crippen LogP) is -1.55. The van der Waals surface area contributed by atoms with Crippen LogP contribution in [0.5, 0.6) is 0 Å². The highest BCUT2D eigenvalue weighted by molar-refractivity contribution is 5.24. The fraction of sp³-hybridized carbons (Fsp3) is 0.368. The van der Waals surface area contributed by atoms with Gasteiger partial charge in [-0.15, -0.1) is 5.10 Å². The van der Waals surface area contributed by atoms with E-state index in [1.807, 2.05) is 30.3 Å². The summed E-state index contributed by atoms with van der Waals surface area (Å²) in [5.74, 6) is 0. The van der Waals surface area contributed by atoms with Crippen molar-refractivity contribution in [1.29, 1.82) is 0 Å². The molecular weight excluding hydrogens is 394 g/mol. The number of aliphatic hydroxyl groups is 3. The van der Waals surface area contributed by atoms with Crippen LogP contribution < -0.4 is 11.2 Å². The van der Waals surface area contributed by atoms with Gasteiger partial charge < -0.3 is 25.0 Å². The van der Waals surface area contributed by atoms with E-state index in [4.69, 9.17) is 4.74 Å². The maximum absolute atomic E-state index is 12.5. The number of aliphatic hydroxyl groups excluding tert-OH is 3. The maximum Gasteiger partial charge on any atom is 0.325 e. The second-order valence-corrected chi connectivity index (χ2v) is 7.13. The van der Waals surface area contributed by atoms with Gasteiger partial charge in [0.05, 0.1) is 30.1 Å². The van der Waals surface area contributed by atoms with Gasteiger partial charge in [0.1, 0.15) is 24.4 Å². The van der Waals surface area contributed by atoms with Crippen molar-refractivity contribution in [3.63, 3.8) is 0 Å². The molecule has 1 aliphatic heterocycles. The van der Waals surface area contributed by atoms with E-state index in [-0.39, 0.29) is 17.8 Å². The van der Waals surface area contributed by atoms with Crippen molar-refractivity contribution in [1.82, 2.24) is 25.0 Å². The molecule has 30 heavy (non-hydrogen) atoms. The molecule has 1 fully saturated rings. The number of aromatic nitrogens is 5. The van der Waals surface area contributed by atoms with Crippen molar-refractivity contribution in [3.8, 4) is 0 Å². The number of benzene rings is 1. The molecule has 3 aromatic rings. The summed E-state index contributed by atoms with van der Waals surface area (Å²) in [4.78, 5) is 28.9. The lowest BCUT2D eigenvalue weighted by Gasteiger charge is -2.17. The topological polar surface area (TPSA) is 166 Å². The van der Waals surface area contributed by atoms with E-state index in [9.17, 15) is 24.9 Å². The van der Waals surface area contributed by atoms with Crippen LogP contribution >= 0.6 is 0 Å². The number of nitrogens with one attached hydrogen (secondary N) is 2. The maximum atomic E-state index is 12.5.